The maximum absolute atomic E-state index is 5.66. The lowest BCUT2D eigenvalue weighted by molar-refractivity contribution is 0.153. The van der Waals surface area contributed by atoms with Gasteiger partial charge < -0.3 is 19.8 Å². The number of hydrogen-bond donors (Lipinski definition) is 2. The van der Waals surface area contributed by atoms with Crippen molar-refractivity contribution in [2.24, 2.45) is 4.99 Å². The smallest absolute Gasteiger partial charge is 0.191 e. The van der Waals surface area contributed by atoms with E-state index in [9.17, 15) is 0 Å². The Labute approximate surface area is 156 Å². The number of aryl methyl sites for hydroxylation is 1. The quantitative estimate of drug-likeness (QED) is 0.312. The van der Waals surface area contributed by atoms with Crippen molar-refractivity contribution in [3.63, 3.8) is 0 Å². The van der Waals surface area contributed by atoms with Gasteiger partial charge in [0.25, 0.3) is 0 Å². The van der Waals surface area contributed by atoms with Gasteiger partial charge in [-0.05, 0) is 45.7 Å². The molecule has 0 spiro atoms. The van der Waals surface area contributed by atoms with E-state index in [-0.39, 0.29) is 30.0 Å². The molecule has 1 aliphatic heterocycles. The zero-order valence-corrected chi connectivity index (χ0v) is 16.6. The predicted molar refractivity (Wildman–Crippen MR) is 105 cm³/mol. The molecule has 1 unspecified atom stereocenters. The van der Waals surface area contributed by atoms with Crippen LogP contribution in [-0.2, 0) is 4.74 Å². The second kappa shape index (κ2) is 10.7. The van der Waals surface area contributed by atoms with E-state index in [4.69, 9.17) is 9.15 Å². The van der Waals surface area contributed by atoms with E-state index < -0.39 is 0 Å². The number of nitrogens with one attached hydrogen (secondary N) is 2. The SMILES string of the molecule is CCNC(=NCCC1=CCOCC1)NC(C)c1ccc(C)o1.I. The summed E-state index contributed by atoms with van der Waals surface area (Å²) in [5.41, 5.74) is 1.44. The van der Waals surface area contributed by atoms with Crippen molar-refractivity contribution in [1.82, 2.24) is 10.6 Å². The third-order valence-corrected chi connectivity index (χ3v) is 3.65. The van der Waals surface area contributed by atoms with Crippen LogP contribution < -0.4 is 10.6 Å². The fraction of sp³-hybridized carbons (Fsp3) is 0.588. The highest BCUT2D eigenvalue weighted by Gasteiger charge is 2.11. The van der Waals surface area contributed by atoms with Crippen LogP contribution in [0.3, 0.4) is 0 Å². The fourth-order valence-electron chi connectivity index (χ4n) is 2.39. The molecule has 0 fully saturated rings. The lowest BCUT2D eigenvalue weighted by atomic mass is 10.1. The average molecular weight is 433 g/mol. The molecule has 6 heteroatoms. The summed E-state index contributed by atoms with van der Waals surface area (Å²) in [6, 6.07) is 4.08. The second-order valence-electron chi connectivity index (χ2n) is 5.51. The normalized spacial score (nSPS) is 16.3. The highest BCUT2D eigenvalue weighted by molar-refractivity contribution is 14.0. The predicted octanol–water partition coefficient (Wildman–Crippen LogP) is 3.56. The number of ether oxygens (including phenoxy) is 1. The van der Waals surface area contributed by atoms with Crippen molar-refractivity contribution >= 4 is 29.9 Å². The van der Waals surface area contributed by atoms with Gasteiger partial charge in [-0.25, -0.2) is 0 Å². The summed E-state index contributed by atoms with van der Waals surface area (Å²) in [5, 5.41) is 6.67. The maximum atomic E-state index is 5.66. The van der Waals surface area contributed by atoms with Gasteiger partial charge in [0.15, 0.2) is 5.96 Å². The minimum absolute atomic E-state index is 0. The Morgan fingerprint density at radius 1 is 1.39 bits per heavy atom. The number of nitrogens with zero attached hydrogens (tertiary/aromatic N) is 1. The molecule has 2 N–H and O–H groups in total. The Kier molecular flexibility index (Phi) is 9.31. The Bertz CT molecular complexity index is 526. The number of furan rings is 1. The van der Waals surface area contributed by atoms with Crippen LogP contribution in [0.1, 0.15) is 44.3 Å². The number of rotatable bonds is 6. The molecule has 5 nitrogen and oxygen atoms in total. The van der Waals surface area contributed by atoms with Gasteiger partial charge in [-0.3, -0.25) is 4.99 Å². The average Bonchev–Trinajstić information content (AvgIpc) is 2.95. The summed E-state index contributed by atoms with van der Waals surface area (Å²) in [7, 11) is 0. The number of halogens is 1. The first-order chi connectivity index (χ1) is 10.7. The van der Waals surface area contributed by atoms with Crippen molar-refractivity contribution in [1.29, 1.82) is 0 Å². The summed E-state index contributed by atoms with van der Waals surface area (Å²) in [4.78, 5) is 4.65. The van der Waals surface area contributed by atoms with E-state index in [0.29, 0.717) is 0 Å². The van der Waals surface area contributed by atoms with Crippen molar-refractivity contribution < 1.29 is 9.15 Å². The fourth-order valence-corrected chi connectivity index (χ4v) is 2.39. The largest absolute Gasteiger partial charge is 0.464 e. The molecule has 1 atom stereocenters. The number of guanidine groups is 1. The van der Waals surface area contributed by atoms with Crippen molar-refractivity contribution in [2.45, 2.75) is 39.7 Å². The van der Waals surface area contributed by atoms with Gasteiger partial charge >= 0.3 is 0 Å². The van der Waals surface area contributed by atoms with E-state index in [1.807, 2.05) is 19.1 Å². The lowest BCUT2D eigenvalue weighted by Crippen LogP contribution is -2.38. The Balaban J connectivity index is 0.00000264. The third-order valence-electron chi connectivity index (χ3n) is 3.65. The monoisotopic (exact) mass is 433 g/mol. The van der Waals surface area contributed by atoms with E-state index in [2.05, 4.69) is 35.5 Å². The molecule has 2 heterocycles. The molecule has 0 bridgehead atoms. The molecule has 0 radical (unpaired) electrons. The van der Waals surface area contributed by atoms with Gasteiger partial charge in [0.2, 0.25) is 0 Å². The van der Waals surface area contributed by atoms with Crippen molar-refractivity contribution in [2.75, 3.05) is 26.3 Å². The Morgan fingerprint density at radius 2 is 2.22 bits per heavy atom. The summed E-state index contributed by atoms with van der Waals surface area (Å²) in [6.45, 7) is 9.30. The molecule has 1 aliphatic rings. The van der Waals surface area contributed by atoms with Crippen LogP contribution in [0.25, 0.3) is 0 Å². The summed E-state index contributed by atoms with van der Waals surface area (Å²) in [6.07, 6.45) is 4.20. The van der Waals surface area contributed by atoms with Crippen molar-refractivity contribution in [3.8, 4) is 0 Å². The van der Waals surface area contributed by atoms with Crippen molar-refractivity contribution in [3.05, 3.63) is 35.3 Å². The molecular weight excluding hydrogens is 405 g/mol. The van der Waals surface area contributed by atoms with Crippen LogP contribution in [0.15, 0.2) is 33.2 Å². The first-order valence-corrected chi connectivity index (χ1v) is 8.06. The molecule has 0 saturated heterocycles. The molecule has 0 aliphatic carbocycles. The van der Waals surface area contributed by atoms with E-state index in [1.54, 1.807) is 0 Å². The molecule has 23 heavy (non-hydrogen) atoms. The van der Waals surface area contributed by atoms with Gasteiger partial charge in [-0.1, -0.05) is 11.6 Å². The van der Waals surface area contributed by atoms with Gasteiger partial charge in [-0.2, -0.15) is 0 Å². The Morgan fingerprint density at radius 3 is 2.83 bits per heavy atom. The third kappa shape index (κ3) is 6.95. The molecular formula is C17H28IN3O2. The molecule has 0 aromatic carbocycles. The van der Waals surface area contributed by atoms with Gasteiger partial charge in [0, 0.05) is 13.1 Å². The summed E-state index contributed by atoms with van der Waals surface area (Å²) < 4.78 is 11.0. The van der Waals surface area contributed by atoms with Crippen LogP contribution in [0.2, 0.25) is 0 Å². The van der Waals surface area contributed by atoms with E-state index >= 15 is 0 Å². The van der Waals surface area contributed by atoms with E-state index in [0.717, 1.165) is 56.6 Å². The highest BCUT2D eigenvalue weighted by Crippen LogP contribution is 2.15. The van der Waals surface area contributed by atoms with E-state index in [1.165, 1.54) is 5.57 Å². The molecule has 0 saturated carbocycles. The first kappa shape index (κ1) is 20.0. The maximum Gasteiger partial charge on any atom is 0.191 e. The van der Waals surface area contributed by atoms with Gasteiger partial charge in [0.1, 0.15) is 11.5 Å². The number of aliphatic imine (C=N–C) groups is 1. The molecule has 2 rings (SSSR count). The van der Waals surface area contributed by atoms with Crippen LogP contribution in [0.5, 0.6) is 0 Å². The summed E-state index contributed by atoms with van der Waals surface area (Å²) in [5.74, 6) is 2.68. The standard InChI is InChI=1S/C17H27N3O2.HI/c1-4-18-17(19-10-7-15-8-11-21-12-9-15)20-14(3)16-6-5-13(2)22-16;/h5-6,8,14H,4,7,9-12H2,1-3H3,(H2,18,19,20);1H. The molecule has 130 valence electrons. The minimum Gasteiger partial charge on any atom is -0.464 e. The molecule has 1 aromatic heterocycles. The van der Waals surface area contributed by atoms with Gasteiger partial charge in [-0.15, -0.1) is 24.0 Å². The summed E-state index contributed by atoms with van der Waals surface area (Å²) >= 11 is 0. The first-order valence-electron chi connectivity index (χ1n) is 8.06. The zero-order chi connectivity index (χ0) is 15.8. The number of hydrogen-bond acceptors (Lipinski definition) is 3. The van der Waals surface area contributed by atoms with Crippen LogP contribution in [-0.4, -0.2) is 32.3 Å². The second-order valence-corrected chi connectivity index (χ2v) is 5.51. The van der Waals surface area contributed by atoms with Crippen LogP contribution in [0, 0.1) is 6.92 Å². The van der Waals surface area contributed by atoms with Crippen LogP contribution >= 0.6 is 24.0 Å². The van der Waals surface area contributed by atoms with Crippen LogP contribution in [0.4, 0.5) is 0 Å². The topological polar surface area (TPSA) is 58.8 Å². The lowest BCUT2D eigenvalue weighted by Gasteiger charge is -2.17. The Hall–Kier alpha value is -1.02. The molecule has 0 amide bonds. The minimum atomic E-state index is 0. The van der Waals surface area contributed by atoms with Gasteiger partial charge in [0.05, 0.1) is 19.3 Å². The highest BCUT2D eigenvalue weighted by atomic mass is 127. The zero-order valence-electron chi connectivity index (χ0n) is 14.2. The molecule has 1 aromatic rings.